The molecular formula is C13H8NSe. The Morgan fingerprint density at radius 2 is 1.87 bits per heavy atom. The summed E-state index contributed by atoms with van der Waals surface area (Å²) in [6.07, 6.45) is 0. The van der Waals surface area contributed by atoms with E-state index in [0.717, 1.165) is 5.69 Å². The normalized spacial score (nSPS) is 10.7. The quantitative estimate of drug-likeness (QED) is 0.611. The van der Waals surface area contributed by atoms with Gasteiger partial charge < -0.3 is 0 Å². The van der Waals surface area contributed by atoms with Crippen LogP contribution in [-0.2, 0) is 0 Å². The molecule has 1 aromatic heterocycles. The van der Waals surface area contributed by atoms with E-state index in [1.807, 2.05) is 0 Å². The molecule has 71 valence electrons. The van der Waals surface area contributed by atoms with Crippen LogP contribution in [0.2, 0.25) is 0 Å². The SMILES string of the molecule is [c]1nc(-c2ccc3ccccc3c2)c[se]1. The predicted octanol–water partition coefficient (Wildman–Crippen LogP) is 2.76. The van der Waals surface area contributed by atoms with E-state index in [1.54, 1.807) is 0 Å². The number of fused-ring (bicyclic) bond motifs is 1. The molecule has 0 aliphatic rings. The zero-order valence-corrected chi connectivity index (χ0v) is 9.69. The van der Waals surface area contributed by atoms with Gasteiger partial charge in [-0.1, -0.05) is 0 Å². The second-order valence-electron chi connectivity index (χ2n) is 3.39. The molecule has 3 aromatic rings. The second-order valence-corrected chi connectivity index (χ2v) is 4.76. The van der Waals surface area contributed by atoms with Gasteiger partial charge in [0.15, 0.2) is 0 Å². The first-order chi connectivity index (χ1) is 7.43. The van der Waals surface area contributed by atoms with Gasteiger partial charge in [-0.15, -0.1) is 0 Å². The fourth-order valence-electron chi connectivity index (χ4n) is 1.67. The molecule has 0 spiro atoms. The number of nitrogens with zero attached hydrogens (tertiary/aromatic N) is 1. The van der Waals surface area contributed by atoms with E-state index in [4.69, 9.17) is 0 Å². The average molecular weight is 257 g/mol. The van der Waals surface area contributed by atoms with E-state index >= 15 is 0 Å². The molecule has 0 aliphatic carbocycles. The minimum absolute atomic E-state index is 0.334. The Kier molecular flexibility index (Phi) is 2.17. The second kappa shape index (κ2) is 3.65. The van der Waals surface area contributed by atoms with Crippen LogP contribution in [0.25, 0.3) is 22.0 Å². The van der Waals surface area contributed by atoms with Gasteiger partial charge in [0.05, 0.1) is 0 Å². The number of hydrogen-bond donors (Lipinski definition) is 0. The maximum absolute atomic E-state index is 4.25. The van der Waals surface area contributed by atoms with E-state index in [2.05, 4.69) is 57.5 Å². The van der Waals surface area contributed by atoms with Crippen LogP contribution in [0.1, 0.15) is 0 Å². The standard InChI is InChI=1S/C13H8NSe/c1-2-4-11-7-12(6-5-10(11)3-1)13-8-15-9-14-13/h1-8H. The fourth-order valence-corrected chi connectivity index (χ4v) is 2.72. The van der Waals surface area contributed by atoms with Crippen molar-refractivity contribution in [1.82, 2.24) is 4.98 Å². The first-order valence-electron chi connectivity index (χ1n) is 4.74. The molecule has 1 nitrogen and oxygen atoms in total. The summed E-state index contributed by atoms with van der Waals surface area (Å²) in [5.74, 6) is 0. The number of hydrogen-bond acceptors (Lipinski definition) is 1. The molecule has 0 saturated heterocycles. The van der Waals surface area contributed by atoms with Gasteiger partial charge in [-0.05, 0) is 0 Å². The minimum atomic E-state index is 0.334. The summed E-state index contributed by atoms with van der Waals surface area (Å²) in [6.45, 7) is 0. The molecular weight excluding hydrogens is 249 g/mol. The molecule has 0 saturated carbocycles. The van der Waals surface area contributed by atoms with Gasteiger partial charge in [0.25, 0.3) is 0 Å². The third-order valence-corrected chi connectivity index (χ3v) is 3.56. The third kappa shape index (κ3) is 1.63. The van der Waals surface area contributed by atoms with Crippen molar-refractivity contribution >= 4 is 25.3 Å². The van der Waals surface area contributed by atoms with E-state index in [1.165, 1.54) is 16.3 Å². The van der Waals surface area contributed by atoms with Crippen LogP contribution in [0.4, 0.5) is 0 Å². The van der Waals surface area contributed by atoms with E-state index < -0.39 is 0 Å². The van der Waals surface area contributed by atoms with Crippen LogP contribution in [0.3, 0.4) is 0 Å². The average Bonchev–Trinajstić information content (AvgIpc) is 2.82. The number of aromatic nitrogens is 1. The van der Waals surface area contributed by atoms with Gasteiger partial charge in [0, 0.05) is 0 Å². The van der Waals surface area contributed by atoms with Crippen molar-refractivity contribution in [3.8, 4) is 11.3 Å². The van der Waals surface area contributed by atoms with Gasteiger partial charge in [0.2, 0.25) is 0 Å². The molecule has 2 aromatic carbocycles. The summed E-state index contributed by atoms with van der Waals surface area (Å²) in [4.78, 5) is 6.42. The predicted molar refractivity (Wildman–Crippen MR) is 63.0 cm³/mol. The molecule has 1 radical (unpaired) electrons. The van der Waals surface area contributed by atoms with Crippen molar-refractivity contribution in [1.29, 1.82) is 0 Å². The summed E-state index contributed by atoms with van der Waals surface area (Å²) in [5.41, 5.74) is 2.27. The molecule has 0 bridgehead atoms. The van der Waals surface area contributed by atoms with Gasteiger partial charge in [-0.2, -0.15) is 0 Å². The van der Waals surface area contributed by atoms with Crippen molar-refractivity contribution in [3.63, 3.8) is 0 Å². The van der Waals surface area contributed by atoms with Crippen molar-refractivity contribution in [2.24, 2.45) is 0 Å². The summed E-state index contributed by atoms with van der Waals surface area (Å²) in [6, 6.07) is 14.8. The van der Waals surface area contributed by atoms with Crippen molar-refractivity contribution in [2.45, 2.75) is 0 Å². The summed E-state index contributed by atoms with van der Waals surface area (Å²) >= 11 is 0.334. The Hall–Kier alpha value is -1.37. The van der Waals surface area contributed by atoms with Crippen molar-refractivity contribution < 1.29 is 0 Å². The zero-order valence-electron chi connectivity index (χ0n) is 7.97. The Morgan fingerprint density at radius 3 is 2.67 bits per heavy atom. The maximum atomic E-state index is 4.25. The Morgan fingerprint density at radius 1 is 1.00 bits per heavy atom. The Labute approximate surface area is 94.1 Å². The molecule has 0 atom stereocenters. The van der Waals surface area contributed by atoms with E-state index in [0.29, 0.717) is 14.5 Å². The topological polar surface area (TPSA) is 12.9 Å². The number of rotatable bonds is 1. The van der Waals surface area contributed by atoms with Crippen LogP contribution >= 0.6 is 0 Å². The van der Waals surface area contributed by atoms with Crippen LogP contribution in [0.15, 0.2) is 47.4 Å². The Bertz CT molecular complexity index is 584. The summed E-state index contributed by atoms with van der Waals surface area (Å²) in [7, 11) is 0. The van der Waals surface area contributed by atoms with E-state index in [-0.39, 0.29) is 0 Å². The summed E-state index contributed by atoms with van der Waals surface area (Å²) < 4.78 is 0. The van der Waals surface area contributed by atoms with Gasteiger partial charge >= 0.3 is 94.0 Å². The van der Waals surface area contributed by atoms with Crippen LogP contribution in [0.5, 0.6) is 0 Å². The van der Waals surface area contributed by atoms with Crippen LogP contribution in [-0.4, -0.2) is 19.5 Å². The molecule has 3 rings (SSSR count). The summed E-state index contributed by atoms with van der Waals surface area (Å²) in [5, 5.41) is 5.56. The Balaban J connectivity index is 2.22. The van der Waals surface area contributed by atoms with Gasteiger partial charge in [0.1, 0.15) is 0 Å². The fraction of sp³-hybridized carbons (Fsp3) is 0. The molecule has 0 N–H and O–H groups in total. The molecule has 0 aliphatic heterocycles. The van der Waals surface area contributed by atoms with Crippen molar-refractivity contribution in [2.75, 3.05) is 0 Å². The molecule has 1 heterocycles. The molecule has 0 amide bonds. The van der Waals surface area contributed by atoms with E-state index in [9.17, 15) is 0 Å². The molecule has 0 unspecified atom stereocenters. The molecule has 15 heavy (non-hydrogen) atoms. The van der Waals surface area contributed by atoms with Crippen LogP contribution in [0, 0.1) is 5.07 Å². The van der Waals surface area contributed by atoms with Crippen LogP contribution < -0.4 is 0 Å². The first kappa shape index (κ1) is 8.90. The zero-order chi connectivity index (χ0) is 10.1. The van der Waals surface area contributed by atoms with Gasteiger partial charge in [-0.3, -0.25) is 0 Å². The first-order valence-corrected chi connectivity index (χ1v) is 6.59. The third-order valence-electron chi connectivity index (χ3n) is 2.43. The number of benzene rings is 2. The molecule has 2 heteroatoms. The molecule has 0 fully saturated rings. The van der Waals surface area contributed by atoms with Gasteiger partial charge in [-0.25, -0.2) is 0 Å². The van der Waals surface area contributed by atoms with Crippen molar-refractivity contribution in [3.05, 3.63) is 52.5 Å². The monoisotopic (exact) mass is 258 g/mol.